The van der Waals surface area contributed by atoms with Crippen molar-refractivity contribution < 1.29 is 14.6 Å². The molecule has 0 heterocycles. The first kappa shape index (κ1) is 7.86. The van der Waals surface area contributed by atoms with Gasteiger partial charge < -0.3 is 10.2 Å². The van der Waals surface area contributed by atoms with Gasteiger partial charge >= 0.3 is 0 Å². The number of hydrogen-bond acceptors (Lipinski definition) is 2. The Hall–Kier alpha value is -1.77. The van der Waals surface area contributed by atoms with Gasteiger partial charge in [-0.15, -0.1) is 0 Å². The quantitative estimate of drug-likeness (QED) is 0.608. The van der Waals surface area contributed by atoms with E-state index in [1.165, 1.54) is 24.3 Å². The summed E-state index contributed by atoms with van der Waals surface area (Å²) in [5.41, 5.74) is 0. The maximum absolute atomic E-state index is 12.7. The summed E-state index contributed by atoms with van der Waals surface area (Å²) < 4.78 is 12.7. The second-order valence-electron chi connectivity index (χ2n) is 2.83. The van der Waals surface area contributed by atoms with Gasteiger partial charge in [-0.05, 0) is 35.0 Å². The minimum absolute atomic E-state index is 0.195. The largest absolute Gasteiger partial charge is 0.504 e. The molecule has 0 fully saturated rings. The summed E-state index contributed by atoms with van der Waals surface area (Å²) in [6.07, 6.45) is 0. The molecular formula is C10H7FO2. The van der Waals surface area contributed by atoms with Crippen LogP contribution in [0.1, 0.15) is 0 Å². The number of phenolic OH excluding ortho intramolecular Hbond substituents is 2. The van der Waals surface area contributed by atoms with Crippen molar-refractivity contribution in [2.75, 3.05) is 0 Å². The van der Waals surface area contributed by atoms with Gasteiger partial charge in [-0.2, -0.15) is 0 Å². The Bertz CT molecular complexity index is 466. The van der Waals surface area contributed by atoms with Gasteiger partial charge in [0.1, 0.15) is 5.82 Å². The first-order valence-corrected chi connectivity index (χ1v) is 3.78. The van der Waals surface area contributed by atoms with Crippen molar-refractivity contribution in [3.05, 3.63) is 36.1 Å². The standard InChI is InChI=1S/C10H7FO2/c11-8-2-1-6-4-9(12)10(13)5-7(6)3-8/h1-5,12-13H. The molecule has 2 rings (SSSR count). The van der Waals surface area contributed by atoms with E-state index in [-0.39, 0.29) is 17.3 Å². The topological polar surface area (TPSA) is 40.5 Å². The molecule has 0 saturated heterocycles. The maximum atomic E-state index is 12.7. The molecular weight excluding hydrogens is 171 g/mol. The lowest BCUT2D eigenvalue weighted by atomic mass is 10.1. The number of hydrogen-bond donors (Lipinski definition) is 2. The Morgan fingerprint density at radius 2 is 1.46 bits per heavy atom. The van der Waals surface area contributed by atoms with E-state index in [1.807, 2.05) is 0 Å². The molecule has 3 heteroatoms. The third-order valence-corrected chi connectivity index (χ3v) is 1.90. The summed E-state index contributed by atoms with van der Waals surface area (Å²) >= 11 is 0. The van der Waals surface area contributed by atoms with Crippen LogP contribution in [0.5, 0.6) is 11.5 Å². The zero-order valence-corrected chi connectivity index (χ0v) is 6.66. The summed E-state index contributed by atoms with van der Waals surface area (Å²) in [5.74, 6) is -0.796. The molecule has 2 N–H and O–H groups in total. The van der Waals surface area contributed by atoms with Gasteiger partial charge in [0.15, 0.2) is 11.5 Å². The van der Waals surface area contributed by atoms with Gasteiger partial charge in [-0.3, -0.25) is 0 Å². The first-order chi connectivity index (χ1) is 6.16. The number of phenols is 2. The number of fused-ring (bicyclic) bond motifs is 1. The van der Waals surface area contributed by atoms with Crippen LogP contribution in [0.4, 0.5) is 4.39 Å². The molecule has 13 heavy (non-hydrogen) atoms. The zero-order valence-electron chi connectivity index (χ0n) is 6.66. The fourth-order valence-electron chi connectivity index (χ4n) is 1.24. The monoisotopic (exact) mass is 178 g/mol. The fourth-order valence-corrected chi connectivity index (χ4v) is 1.24. The second-order valence-corrected chi connectivity index (χ2v) is 2.83. The molecule has 0 aliphatic rings. The van der Waals surface area contributed by atoms with Crippen LogP contribution < -0.4 is 0 Å². The molecule has 0 radical (unpaired) electrons. The molecule has 0 saturated carbocycles. The first-order valence-electron chi connectivity index (χ1n) is 3.78. The number of aromatic hydroxyl groups is 2. The van der Waals surface area contributed by atoms with Crippen molar-refractivity contribution in [1.82, 2.24) is 0 Å². The molecule has 0 unspecified atom stereocenters. The molecule has 66 valence electrons. The molecule has 0 aromatic heterocycles. The third-order valence-electron chi connectivity index (χ3n) is 1.90. The highest BCUT2D eigenvalue weighted by atomic mass is 19.1. The summed E-state index contributed by atoms with van der Waals surface area (Å²) in [6, 6.07) is 6.87. The summed E-state index contributed by atoms with van der Waals surface area (Å²) in [4.78, 5) is 0. The van der Waals surface area contributed by atoms with Gasteiger partial charge in [0, 0.05) is 0 Å². The molecule has 0 amide bonds. The van der Waals surface area contributed by atoms with Crippen LogP contribution in [-0.4, -0.2) is 10.2 Å². The fraction of sp³-hybridized carbons (Fsp3) is 0. The molecule has 2 nitrogen and oxygen atoms in total. The van der Waals surface area contributed by atoms with Crippen LogP contribution in [0.15, 0.2) is 30.3 Å². The Kier molecular flexibility index (Phi) is 1.59. The van der Waals surface area contributed by atoms with E-state index in [2.05, 4.69) is 0 Å². The zero-order chi connectivity index (χ0) is 9.42. The Morgan fingerprint density at radius 3 is 2.15 bits per heavy atom. The third kappa shape index (κ3) is 1.28. The lowest BCUT2D eigenvalue weighted by Gasteiger charge is -2.01. The number of halogens is 1. The molecule has 0 aliphatic heterocycles. The van der Waals surface area contributed by atoms with E-state index in [0.717, 1.165) is 0 Å². The van der Waals surface area contributed by atoms with Crippen molar-refractivity contribution in [1.29, 1.82) is 0 Å². The molecule has 0 aliphatic carbocycles. The van der Waals surface area contributed by atoms with Crippen molar-refractivity contribution in [3.63, 3.8) is 0 Å². The highest BCUT2D eigenvalue weighted by molar-refractivity contribution is 5.85. The minimum atomic E-state index is -0.363. The van der Waals surface area contributed by atoms with Gasteiger partial charge in [-0.25, -0.2) is 4.39 Å². The van der Waals surface area contributed by atoms with Crippen LogP contribution in [0.2, 0.25) is 0 Å². The van der Waals surface area contributed by atoms with Crippen LogP contribution in [0.3, 0.4) is 0 Å². The van der Waals surface area contributed by atoms with Crippen molar-refractivity contribution >= 4 is 10.8 Å². The maximum Gasteiger partial charge on any atom is 0.158 e. The Morgan fingerprint density at radius 1 is 0.846 bits per heavy atom. The Labute approximate surface area is 73.9 Å². The highest BCUT2D eigenvalue weighted by Gasteiger charge is 2.02. The van der Waals surface area contributed by atoms with Crippen molar-refractivity contribution in [3.8, 4) is 11.5 Å². The summed E-state index contributed by atoms with van der Waals surface area (Å²) in [6.45, 7) is 0. The normalized spacial score (nSPS) is 10.5. The van der Waals surface area contributed by atoms with E-state index in [1.54, 1.807) is 6.07 Å². The smallest absolute Gasteiger partial charge is 0.158 e. The summed E-state index contributed by atoms with van der Waals surface area (Å²) in [7, 11) is 0. The lowest BCUT2D eigenvalue weighted by Crippen LogP contribution is -1.76. The SMILES string of the molecule is Oc1cc2ccc(F)cc2cc1O. The van der Waals surface area contributed by atoms with Crippen LogP contribution in [0, 0.1) is 5.82 Å². The lowest BCUT2D eigenvalue weighted by molar-refractivity contribution is 0.405. The van der Waals surface area contributed by atoms with E-state index in [9.17, 15) is 4.39 Å². The van der Waals surface area contributed by atoms with Gasteiger partial charge in [0.2, 0.25) is 0 Å². The molecule has 0 atom stereocenters. The highest BCUT2D eigenvalue weighted by Crippen LogP contribution is 2.30. The van der Waals surface area contributed by atoms with Crippen LogP contribution in [-0.2, 0) is 0 Å². The molecule has 0 bridgehead atoms. The average molecular weight is 178 g/mol. The van der Waals surface area contributed by atoms with Gasteiger partial charge in [0.05, 0.1) is 0 Å². The van der Waals surface area contributed by atoms with Gasteiger partial charge in [0.25, 0.3) is 0 Å². The van der Waals surface area contributed by atoms with Crippen molar-refractivity contribution in [2.45, 2.75) is 0 Å². The van der Waals surface area contributed by atoms with E-state index in [4.69, 9.17) is 10.2 Å². The molecule has 2 aromatic carbocycles. The molecule has 2 aromatic rings. The van der Waals surface area contributed by atoms with Gasteiger partial charge in [-0.1, -0.05) is 6.07 Å². The Balaban J connectivity index is 2.81. The van der Waals surface area contributed by atoms with E-state index in [0.29, 0.717) is 10.8 Å². The number of rotatable bonds is 0. The van der Waals surface area contributed by atoms with Crippen LogP contribution >= 0.6 is 0 Å². The van der Waals surface area contributed by atoms with Crippen molar-refractivity contribution in [2.24, 2.45) is 0 Å². The second kappa shape index (κ2) is 2.62. The van der Waals surface area contributed by atoms with Crippen LogP contribution in [0.25, 0.3) is 10.8 Å². The average Bonchev–Trinajstić information content (AvgIpc) is 2.08. The predicted molar refractivity (Wildman–Crippen MR) is 47.2 cm³/mol. The number of benzene rings is 2. The summed E-state index contributed by atoms with van der Waals surface area (Å²) in [5, 5.41) is 19.5. The van der Waals surface area contributed by atoms with E-state index < -0.39 is 0 Å². The van der Waals surface area contributed by atoms with E-state index >= 15 is 0 Å². The minimum Gasteiger partial charge on any atom is -0.504 e. The molecule has 0 spiro atoms. The predicted octanol–water partition coefficient (Wildman–Crippen LogP) is 2.39.